The van der Waals surface area contributed by atoms with Crippen molar-refractivity contribution in [3.8, 4) is 0 Å². The van der Waals surface area contributed by atoms with Gasteiger partial charge in [0.15, 0.2) is 0 Å². The maximum atomic E-state index is 10.9. The first-order chi connectivity index (χ1) is 7.15. The van der Waals surface area contributed by atoms with Crippen molar-refractivity contribution in [3.05, 3.63) is 24.0 Å². The molecule has 0 bridgehead atoms. The fraction of sp³-hybridized carbons (Fsp3) is 0.300. The molecular weight excluding hydrogens is 210 g/mol. The molecule has 1 unspecified atom stereocenters. The molecule has 1 aromatic heterocycles. The molecule has 2 aromatic rings. The number of benzene rings is 1. The molecule has 0 saturated heterocycles. The number of imidazole rings is 1. The molecule has 0 aliphatic heterocycles. The quantitative estimate of drug-likeness (QED) is 0.764. The minimum Gasteiger partial charge on any atom is -0.399 e. The highest BCUT2D eigenvalue weighted by molar-refractivity contribution is 7.84. The summed E-state index contributed by atoms with van der Waals surface area (Å²) in [5.41, 5.74) is 8.22. The molecule has 2 rings (SSSR count). The standard InChI is InChI=1S/C10H13N3OS/c1-15(14)5-4-10-12-8-3-2-7(11)6-9(8)13-10/h2-3,6H,4-5,11H2,1H3,(H,12,13). The van der Waals surface area contributed by atoms with Crippen LogP contribution in [0, 0.1) is 0 Å². The normalized spacial score (nSPS) is 13.1. The average Bonchev–Trinajstić information content (AvgIpc) is 2.56. The summed E-state index contributed by atoms with van der Waals surface area (Å²) in [6, 6.07) is 5.56. The van der Waals surface area contributed by atoms with Gasteiger partial charge in [-0.15, -0.1) is 0 Å². The zero-order valence-corrected chi connectivity index (χ0v) is 9.30. The van der Waals surface area contributed by atoms with E-state index in [1.807, 2.05) is 18.2 Å². The van der Waals surface area contributed by atoms with Crippen LogP contribution in [0.1, 0.15) is 5.82 Å². The number of hydrogen-bond donors (Lipinski definition) is 2. The summed E-state index contributed by atoms with van der Waals surface area (Å²) < 4.78 is 10.9. The summed E-state index contributed by atoms with van der Waals surface area (Å²) >= 11 is 0. The second-order valence-electron chi connectivity index (χ2n) is 3.49. The van der Waals surface area contributed by atoms with E-state index < -0.39 is 10.8 Å². The van der Waals surface area contributed by atoms with E-state index in [4.69, 9.17) is 5.73 Å². The molecule has 0 spiro atoms. The second-order valence-corrected chi connectivity index (χ2v) is 5.04. The number of aryl methyl sites for hydroxylation is 1. The van der Waals surface area contributed by atoms with Gasteiger partial charge in [0.25, 0.3) is 0 Å². The van der Waals surface area contributed by atoms with Gasteiger partial charge in [-0.2, -0.15) is 0 Å². The minimum atomic E-state index is -0.777. The van der Waals surface area contributed by atoms with Crippen LogP contribution in [0.25, 0.3) is 11.0 Å². The molecule has 0 amide bonds. The van der Waals surface area contributed by atoms with Crippen LogP contribution >= 0.6 is 0 Å². The predicted molar refractivity (Wildman–Crippen MR) is 63.1 cm³/mol. The zero-order valence-electron chi connectivity index (χ0n) is 8.49. The molecule has 15 heavy (non-hydrogen) atoms. The molecule has 1 aromatic carbocycles. The average molecular weight is 223 g/mol. The third-order valence-electron chi connectivity index (χ3n) is 2.18. The molecule has 1 heterocycles. The molecule has 3 N–H and O–H groups in total. The molecule has 0 radical (unpaired) electrons. The Hall–Kier alpha value is -1.36. The fourth-order valence-corrected chi connectivity index (χ4v) is 1.92. The van der Waals surface area contributed by atoms with E-state index in [0.717, 1.165) is 22.5 Å². The van der Waals surface area contributed by atoms with E-state index >= 15 is 0 Å². The van der Waals surface area contributed by atoms with E-state index in [-0.39, 0.29) is 0 Å². The molecule has 80 valence electrons. The van der Waals surface area contributed by atoms with Crippen LogP contribution in [0.5, 0.6) is 0 Å². The van der Waals surface area contributed by atoms with Gasteiger partial charge in [-0.3, -0.25) is 4.21 Å². The summed E-state index contributed by atoms with van der Waals surface area (Å²) in [6.45, 7) is 0. The molecular formula is C10H13N3OS. The Balaban J connectivity index is 2.27. The smallest absolute Gasteiger partial charge is 0.108 e. The van der Waals surface area contributed by atoms with Gasteiger partial charge in [-0.1, -0.05) is 0 Å². The highest BCUT2D eigenvalue weighted by Gasteiger charge is 2.03. The third-order valence-corrected chi connectivity index (χ3v) is 2.96. The maximum Gasteiger partial charge on any atom is 0.108 e. The van der Waals surface area contributed by atoms with Gasteiger partial charge < -0.3 is 10.7 Å². The Morgan fingerprint density at radius 1 is 1.53 bits per heavy atom. The summed E-state index contributed by atoms with van der Waals surface area (Å²) in [7, 11) is -0.777. The summed E-state index contributed by atoms with van der Waals surface area (Å²) in [6.07, 6.45) is 2.40. The Kier molecular flexibility index (Phi) is 2.73. The maximum absolute atomic E-state index is 10.9. The van der Waals surface area contributed by atoms with Gasteiger partial charge in [-0.05, 0) is 18.2 Å². The molecule has 0 fully saturated rings. The van der Waals surface area contributed by atoms with Crippen LogP contribution in [0.4, 0.5) is 5.69 Å². The monoisotopic (exact) mass is 223 g/mol. The van der Waals surface area contributed by atoms with Crippen LogP contribution in [0.2, 0.25) is 0 Å². The number of hydrogen-bond acceptors (Lipinski definition) is 3. The van der Waals surface area contributed by atoms with Gasteiger partial charge in [0.1, 0.15) is 5.82 Å². The third kappa shape index (κ3) is 2.36. The van der Waals surface area contributed by atoms with Crippen LogP contribution in [0.15, 0.2) is 18.2 Å². The Bertz CT molecular complexity index is 506. The summed E-state index contributed by atoms with van der Waals surface area (Å²) in [5, 5.41) is 0. The van der Waals surface area contributed by atoms with Crippen molar-refractivity contribution in [3.63, 3.8) is 0 Å². The Morgan fingerprint density at radius 2 is 2.33 bits per heavy atom. The molecule has 0 aliphatic carbocycles. The number of H-pyrrole nitrogens is 1. The SMILES string of the molecule is CS(=O)CCc1nc2ccc(N)cc2[nH]1. The molecule has 0 aliphatic rings. The number of nitrogen functional groups attached to an aromatic ring is 1. The number of anilines is 1. The van der Waals surface area contributed by atoms with Gasteiger partial charge in [-0.25, -0.2) is 4.98 Å². The van der Waals surface area contributed by atoms with E-state index in [0.29, 0.717) is 12.2 Å². The number of nitrogens with two attached hydrogens (primary N) is 1. The van der Waals surface area contributed by atoms with Crippen molar-refractivity contribution < 1.29 is 4.21 Å². The van der Waals surface area contributed by atoms with Gasteiger partial charge >= 0.3 is 0 Å². The van der Waals surface area contributed by atoms with Crippen LogP contribution < -0.4 is 5.73 Å². The lowest BCUT2D eigenvalue weighted by atomic mass is 10.3. The predicted octanol–water partition coefficient (Wildman–Crippen LogP) is 1.07. The minimum absolute atomic E-state index is 0.634. The molecule has 0 saturated carbocycles. The lowest BCUT2D eigenvalue weighted by Crippen LogP contribution is -1.99. The van der Waals surface area contributed by atoms with Gasteiger partial charge in [0.2, 0.25) is 0 Å². The number of aromatic nitrogens is 2. The number of fused-ring (bicyclic) bond motifs is 1. The van der Waals surface area contributed by atoms with Gasteiger partial charge in [0.05, 0.1) is 11.0 Å². The topological polar surface area (TPSA) is 71.8 Å². The number of rotatable bonds is 3. The molecule has 5 heteroatoms. The van der Waals surface area contributed by atoms with Crippen LogP contribution in [-0.4, -0.2) is 26.2 Å². The zero-order chi connectivity index (χ0) is 10.8. The highest BCUT2D eigenvalue weighted by Crippen LogP contribution is 2.15. The van der Waals surface area contributed by atoms with E-state index in [2.05, 4.69) is 9.97 Å². The summed E-state index contributed by atoms with van der Waals surface area (Å²) in [5.74, 6) is 1.50. The first-order valence-corrected chi connectivity index (χ1v) is 6.42. The lowest BCUT2D eigenvalue weighted by Gasteiger charge is -1.92. The molecule has 4 nitrogen and oxygen atoms in total. The van der Waals surface area contributed by atoms with E-state index in [9.17, 15) is 4.21 Å². The second kappa shape index (κ2) is 4.02. The van der Waals surface area contributed by atoms with E-state index in [1.165, 1.54) is 0 Å². The molecule has 1 atom stereocenters. The Morgan fingerprint density at radius 3 is 3.07 bits per heavy atom. The fourth-order valence-electron chi connectivity index (χ4n) is 1.44. The van der Waals surface area contributed by atoms with Crippen LogP contribution in [0.3, 0.4) is 0 Å². The van der Waals surface area contributed by atoms with Crippen molar-refractivity contribution in [1.29, 1.82) is 0 Å². The Labute approximate surface area is 90.4 Å². The van der Waals surface area contributed by atoms with Crippen molar-refractivity contribution in [2.45, 2.75) is 6.42 Å². The van der Waals surface area contributed by atoms with Crippen LogP contribution in [-0.2, 0) is 17.2 Å². The number of aromatic amines is 1. The first-order valence-electron chi connectivity index (χ1n) is 4.69. The van der Waals surface area contributed by atoms with Crippen molar-refractivity contribution in [2.24, 2.45) is 0 Å². The summed E-state index contributed by atoms with van der Waals surface area (Å²) in [4.78, 5) is 7.55. The largest absolute Gasteiger partial charge is 0.399 e. The number of nitrogens with one attached hydrogen (secondary N) is 1. The number of nitrogens with zero attached hydrogens (tertiary/aromatic N) is 1. The van der Waals surface area contributed by atoms with Crippen molar-refractivity contribution >= 4 is 27.5 Å². The van der Waals surface area contributed by atoms with Gasteiger partial charge in [0, 0.05) is 34.9 Å². The lowest BCUT2D eigenvalue weighted by molar-refractivity contribution is 0.685. The van der Waals surface area contributed by atoms with Crippen molar-refractivity contribution in [1.82, 2.24) is 9.97 Å². The highest BCUT2D eigenvalue weighted by atomic mass is 32.2. The van der Waals surface area contributed by atoms with Crippen molar-refractivity contribution in [2.75, 3.05) is 17.7 Å². The van der Waals surface area contributed by atoms with E-state index in [1.54, 1.807) is 6.26 Å². The first kappa shape index (κ1) is 10.2.